The molecule has 0 aliphatic carbocycles. The summed E-state index contributed by atoms with van der Waals surface area (Å²) >= 11 is 0. The third-order valence-electron chi connectivity index (χ3n) is 5.57. The van der Waals surface area contributed by atoms with E-state index < -0.39 is 0 Å². The van der Waals surface area contributed by atoms with Crippen LogP contribution in [-0.2, 0) is 11.2 Å². The van der Waals surface area contributed by atoms with E-state index in [1.165, 1.54) is 5.56 Å². The molecule has 0 unspecified atom stereocenters. The van der Waals surface area contributed by atoms with E-state index >= 15 is 0 Å². The second-order valence-corrected chi connectivity index (χ2v) is 7.77. The zero-order valence-corrected chi connectivity index (χ0v) is 17.2. The summed E-state index contributed by atoms with van der Waals surface area (Å²) in [5.41, 5.74) is 2.32. The van der Waals surface area contributed by atoms with Gasteiger partial charge in [0.1, 0.15) is 5.82 Å². The van der Waals surface area contributed by atoms with E-state index in [0.717, 1.165) is 56.0 Å². The Morgan fingerprint density at radius 3 is 2.60 bits per heavy atom. The van der Waals surface area contributed by atoms with Crippen LogP contribution in [0, 0.1) is 5.92 Å². The average molecular weight is 401 g/mol. The molecule has 1 saturated heterocycles. The molecule has 1 fully saturated rings. The fraction of sp³-hybridized carbons (Fsp3) is 0.320. The summed E-state index contributed by atoms with van der Waals surface area (Å²) in [6, 6.07) is 22.3. The molecule has 30 heavy (non-hydrogen) atoms. The number of carbonyl (C=O) groups excluding carboxylic acids is 1. The second kappa shape index (κ2) is 10.0. The van der Waals surface area contributed by atoms with Crippen molar-refractivity contribution in [2.75, 3.05) is 24.5 Å². The molecule has 1 aliphatic heterocycles. The van der Waals surface area contributed by atoms with E-state index in [4.69, 9.17) is 4.98 Å². The van der Waals surface area contributed by atoms with E-state index in [1.807, 2.05) is 42.5 Å². The van der Waals surface area contributed by atoms with E-state index in [0.29, 0.717) is 6.54 Å². The van der Waals surface area contributed by atoms with Gasteiger partial charge in [0, 0.05) is 31.4 Å². The minimum absolute atomic E-state index is 0.00520. The third-order valence-corrected chi connectivity index (χ3v) is 5.57. The van der Waals surface area contributed by atoms with E-state index in [2.05, 4.69) is 39.5 Å². The molecule has 1 N–H and O–H groups in total. The Hall–Kier alpha value is -3.21. The maximum atomic E-state index is 12.7. The van der Waals surface area contributed by atoms with Gasteiger partial charge in [-0.3, -0.25) is 4.79 Å². The molecule has 5 heteroatoms. The number of hydrogen-bond acceptors (Lipinski definition) is 4. The summed E-state index contributed by atoms with van der Waals surface area (Å²) in [6.07, 6.45) is 5.67. The van der Waals surface area contributed by atoms with Gasteiger partial charge >= 0.3 is 0 Å². The third kappa shape index (κ3) is 5.23. The van der Waals surface area contributed by atoms with Gasteiger partial charge in [-0.1, -0.05) is 60.7 Å². The van der Waals surface area contributed by atoms with Crippen molar-refractivity contribution in [3.8, 4) is 11.4 Å². The SMILES string of the molecule is O=C(NCCCc1ccccc1)[C@@H]1CCCN(c2ccnc(-c3ccccc3)n2)C1. The zero-order valence-electron chi connectivity index (χ0n) is 17.2. The van der Waals surface area contributed by atoms with Gasteiger partial charge in [-0.05, 0) is 37.3 Å². The van der Waals surface area contributed by atoms with Crippen molar-refractivity contribution in [3.05, 3.63) is 78.5 Å². The average Bonchev–Trinajstić information content (AvgIpc) is 2.83. The summed E-state index contributed by atoms with van der Waals surface area (Å²) in [7, 11) is 0. The first kappa shape index (κ1) is 20.1. The fourth-order valence-corrected chi connectivity index (χ4v) is 3.94. The van der Waals surface area contributed by atoms with Gasteiger partial charge in [0.05, 0.1) is 5.92 Å². The second-order valence-electron chi connectivity index (χ2n) is 7.77. The van der Waals surface area contributed by atoms with Crippen molar-refractivity contribution in [1.82, 2.24) is 15.3 Å². The number of anilines is 1. The lowest BCUT2D eigenvalue weighted by atomic mass is 9.97. The number of amides is 1. The van der Waals surface area contributed by atoms with Crippen LogP contribution in [0.4, 0.5) is 5.82 Å². The monoisotopic (exact) mass is 400 g/mol. The van der Waals surface area contributed by atoms with Crippen molar-refractivity contribution in [1.29, 1.82) is 0 Å². The maximum Gasteiger partial charge on any atom is 0.224 e. The van der Waals surface area contributed by atoms with Gasteiger partial charge < -0.3 is 10.2 Å². The fourth-order valence-electron chi connectivity index (χ4n) is 3.94. The van der Waals surface area contributed by atoms with Gasteiger partial charge in [0.2, 0.25) is 5.91 Å². The van der Waals surface area contributed by atoms with Gasteiger partial charge in [0.15, 0.2) is 5.82 Å². The molecular weight excluding hydrogens is 372 g/mol. The Morgan fingerprint density at radius 1 is 1.03 bits per heavy atom. The summed E-state index contributed by atoms with van der Waals surface area (Å²) in [5, 5.41) is 3.13. The number of aryl methyl sites for hydroxylation is 1. The van der Waals surface area contributed by atoms with Crippen molar-refractivity contribution >= 4 is 11.7 Å². The van der Waals surface area contributed by atoms with Gasteiger partial charge in [-0.25, -0.2) is 9.97 Å². The molecule has 3 aromatic rings. The molecule has 5 nitrogen and oxygen atoms in total. The van der Waals surface area contributed by atoms with Crippen LogP contribution in [-0.4, -0.2) is 35.5 Å². The number of hydrogen-bond donors (Lipinski definition) is 1. The van der Waals surface area contributed by atoms with Crippen LogP contribution in [0.1, 0.15) is 24.8 Å². The minimum atomic E-state index is 0.00520. The largest absolute Gasteiger partial charge is 0.356 e. The molecule has 0 bridgehead atoms. The van der Waals surface area contributed by atoms with Crippen LogP contribution in [0.25, 0.3) is 11.4 Å². The summed E-state index contributed by atoms with van der Waals surface area (Å²) in [6.45, 7) is 2.34. The number of nitrogens with one attached hydrogen (secondary N) is 1. The minimum Gasteiger partial charge on any atom is -0.356 e. The van der Waals surface area contributed by atoms with Gasteiger partial charge in [-0.15, -0.1) is 0 Å². The smallest absolute Gasteiger partial charge is 0.224 e. The van der Waals surface area contributed by atoms with Crippen LogP contribution < -0.4 is 10.2 Å². The zero-order chi connectivity index (χ0) is 20.6. The van der Waals surface area contributed by atoms with Gasteiger partial charge in [-0.2, -0.15) is 0 Å². The van der Waals surface area contributed by atoms with Crippen molar-refractivity contribution in [2.45, 2.75) is 25.7 Å². The molecule has 1 aliphatic rings. The summed E-state index contributed by atoms with van der Waals surface area (Å²) in [4.78, 5) is 24.1. The molecule has 0 spiro atoms. The maximum absolute atomic E-state index is 12.7. The highest BCUT2D eigenvalue weighted by Crippen LogP contribution is 2.23. The molecule has 1 atom stereocenters. The first-order valence-corrected chi connectivity index (χ1v) is 10.7. The van der Waals surface area contributed by atoms with E-state index in [9.17, 15) is 4.79 Å². The van der Waals surface area contributed by atoms with E-state index in [1.54, 1.807) is 6.20 Å². The topological polar surface area (TPSA) is 58.1 Å². The molecule has 4 rings (SSSR count). The van der Waals surface area contributed by atoms with Crippen LogP contribution >= 0.6 is 0 Å². The Bertz CT molecular complexity index is 946. The first-order chi connectivity index (χ1) is 14.8. The predicted octanol–water partition coefficient (Wildman–Crippen LogP) is 4.11. The number of piperidine rings is 1. The highest BCUT2D eigenvalue weighted by atomic mass is 16.1. The number of carbonyl (C=O) groups is 1. The molecule has 2 heterocycles. The standard InChI is InChI=1S/C25H28N4O/c30-25(27-16-7-11-20-9-3-1-4-10-20)22-14-8-18-29(19-22)23-15-17-26-24(28-23)21-12-5-2-6-13-21/h1-6,9-10,12-13,15,17,22H,7-8,11,14,16,18-19H2,(H,27,30)/t22-/m1/s1. The van der Waals surface area contributed by atoms with Gasteiger partial charge in [0.25, 0.3) is 0 Å². The lowest BCUT2D eigenvalue weighted by Gasteiger charge is -2.33. The lowest BCUT2D eigenvalue weighted by molar-refractivity contribution is -0.125. The van der Waals surface area contributed by atoms with Crippen LogP contribution in [0.3, 0.4) is 0 Å². The Kier molecular flexibility index (Phi) is 6.70. The molecule has 2 aromatic carbocycles. The first-order valence-electron chi connectivity index (χ1n) is 10.7. The quantitative estimate of drug-likeness (QED) is 0.607. The van der Waals surface area contributed by atoms with Crippen LogP contribution in [0.15, 0.2) is 72.9 Å². The number of nitrogens with zero attached hydrogens (tertiary/aromatic N) is 3. The van der Waals surface area contributed by atoms with Crippen molar-refractivity contribution in [3.63, 3.8) is 0 Å². The highest BCUT2D eigenvalue weighted by Gasteiger charge is 2.26. The number of aromatic nitrogens is 2. The summed E-state index contributed by atoms with van der Waals surface area (Å²) < 4.78 is 0. The lowest BCUT2D eigenvalue weighted by Crippen LogP contribution is -2.43. The molecule has 1 aromatic heterocycles. The summed E-state index contributed by atoms with van der Waals surface area (Å²) in [5.74, 6) is 1.78. The van der Waals surface area contributed by atoms with Crippen LogP contribution in [0.2, 0.25) is 0 Å². The Labute approximate surface area is 178 Å². The molecule has 1 amide bonds. The molecular formula is C25H28N4O. The van der Waals surface area contributed by atoms with E-state index in [-0.39, 0.29) is 11.8 Å². The highest BCUT2D eigenvalue weighted by molar-refractivity contribution is 5.79. The molecule has 0 saturated carbocycles. The predicted molar refractivity (Wildman–Crippen MR) is 120 cm³/mol. The number of rotatable bonds is 7. The Balaban J connectivity index is 1.31. The molecule has 154 valence electrons. The van der Waals surface area contributed by atoms with Crippen LogP contribution in [0.5, 0.6) is 0 Å². The number of benzene rings is 2. The van der Waals surface area contributed by atoms with Crippen molar-refractivity contribution < 1.29 is 4.79 Å². The van der Waals surface area contributed by atoms with Crippen molar-refractivity contribution in [2.24, 2.45) is 5.92 Å². The normalized spacial score (nSPS) is 16.3. The Morgan fingerprint density at radius 2 is 1.80 bits per heavy atom. The molecule has 0 radical (unpaired) electrons.